The highest BCUT2D eigenvalue weighted by molar-refractivity contribution is 5.77. The van der Waals surface area contributed by atoms with E-state index in [1.165, 1.54) is 0 Å². The molecule has 1 saturated heterocycles. The highest BCUT2D eigenvalue weighted by Gasteiger charge is 2.31. The molecule has 1 heterocycles. The van der Waals surface area contributed by atoms with Crippen molar-refractivity contribution in [1.82, 2.24) is 10.2 Å². The second-order valence-corrected chi connectivity index (χ2v) is 5.45. The van der Waals surface area contributed by atoms with Crippen LogP contribution in [0.5, 0.6) is 0 Å². The zero-order valence-corrected chi connectivity index (χ0v) is 10.8. The van der Waals surface area contributed by atoms with Gasteiger partial charge in [-0.3, -0.25) is 4.79 Å². The van der Waals surface area contributed by atoms with Gasteiger partial charge in [-0.25, -0.2) is 4.79 Å². The molecule has 5 nitrogen and oxygen atoms in total. The van der Waals surface area contributed by atoms with Crippen molar-refractivity contribution in [2.75, 3.05) is 19.6 Å². The minimum Gasteiger partial charge on any atom is -0.481 e. The predicted molar refractivity (Wildman–Crippen MR) is 64.8 cm³/mol. The van der Waals surface area contributed by atoms with Crippen molar-refractivity contribution < 1.29 is 14.7 Å². The van der Waals surface area contributed by atoms with E-state index >= 15 is 0 Å². The molecule has 0 aliphatic carbocycles. The van der Waals surface area contributed by atoms with Gasteiger partial charge in [-0.1, -0.05) is 20.8 Å². The van der Waals surface area contributed by atoms with Crippen LogP contribution in [-0.2, 0) is 4.79 Å². The lowest BCUT2D eigenvalue weighted by Crippen LogP contribution is -2.42. The largest absolute Gasteiger partial charge is 0.481 e. The van der Waals surface area contributed by atoms with Crippen molar-refractivity contribution in [2.45, 2.75) is 33.6 Å². The van der Waals surface area contributed by atoms with E-state index in [0.717, 1.165) is 6.42 Å². The Balaban J connectivity index is 2.37. The molecule has 1 aliphatic heterocycles. The Morgan fingerprint density at radius 2 is 2.12 bits per heavy atom. The number of carbonyl (C=O) groups excluding carboxylic acids is 1. The van der Waals surface area contributed by atoms with Gasteiger partial charge in [-0.05, 0) is 18.3 Å². The molecule has 0 spiro atoms. The number of nitrogens with one attached hydrogen (secondary N) is 1. The van der Waals surface area contributed by atoms with Crippen LogP contribution in [0.1, 0.15) is 33.6 Å². The lowest BCUT2D eigenvalue weighted by molar-refractivity contribution is -0.141. The number of rotatable bonds is 4. The monoisotopic (exact) mass is 242 g/mol. The number of aliphatic carboxylic acids is 1. The molecular formula is C12H22N2O3. The average Bonchev–Trinajstić information content (AvgIpc) is 2.75. The van der Waals surface area contributed by atoms with E-state index in [1.807, 2.05) is 0 Å². The van der Waals surface area contributed by atoms with Gasteiger partial charge in [0.1, 0.15) is 0 Å². The fourth-order valence-corrected chi connectivity index (χ4v) is 1.70. The number of hydrogen-bond acceptors (Lipinski definition) is 2. The summed E-state index contributed by atoms with van der Waals surface area (Å²) in [6, 6.07) is -0.143. The van der Waals surface area contributed by atoms with Crippen LogP contribution in [0.25, 0.3) is 0 Å². The highest BCUT2D eigenvalue weighted by atomic mass is 16.4. The van der Waals surface area contributed by atoms with Gasteiger partial charge >= 0.3 is 12.0 Å². The molecule has 0 radical (unpaired) electrons. The number of carbonyl (C=O) groups is 2. The van der Waals surface area contributed by atoms with E-state index in [9.17, 15) is 9.59 Å². The van der Waals surface area contributed by atoms with E-state index < -0.39 is 11.9 Å². The van der Waals surface area contributed by atoms with Gasteiger partial charge in [-0.15, -0.1) is 0 Å². The van der Waals surface area contributed by atoms with Crippen LogP contribution in [0.15, 0.2) is 0 Å². The van der Waals surface area contributed by atoms with Crippen LogP contribution in [0, 0.1) is 11.3 Å². The zero-order valence-electron chi connectivity index (χ0n) is 10.8. The third-order valence-corrected chi connectivity index (χ3v) is 3.50. The maximum atomic E-state index is 11.8. The van der Waals surface area contributed by atoms with Gasteiger partial charge in [0.05, 0.1) is 5.92 Å². The molecule has 2 amide bonds. The Hall–Kier alpha value is -1.26. The molecule has 1 atom stereocenters. The molecule has 5 heteroatoms. The number of likely N-dealkylation sites (tertiary alicyclic amines) is 1. The lowest BCUT2D eigenvalue weighted by atomic mass is 9.90. The summed E-state index contributed by atoms with van der Waals surface area (Å²) in [6.45, 7) is 7.76. The van der Waals surface area contributed by atoms with Crippen molar-refractivity contribution in [3.63, 3.8) is 0 Å². The molecule has 98 valence electrons. The van der Waals surface area contributed by atoms with Gasteiger partial charge in [-0.2, -0.15) is 0 Å². The Morgan fingerprint density at radius 1 is 1.47 bits per heavy atom. The van der Waals surface area contributed by atoms with Crippen LogP contribution in [0.4, 0.5) is 4.79 Å². The molecule has 0 bridgehead atoms. The standard InChI is InChI=1S/C12H22N2O3/c1-4-12(2,3)8-13-11(17)14-6-5-9(7-14)10(15)16/h9H,4-8H2,1-3H3,(H,13,17)(H,15,16). The van der Waals surface area contributed by atoms with Crippen molar-refractivity contribution in [2.24, 2.45) is 11.3 Å². The summed E-state index contributed by atoms with van der Waals surface area (Å²) < 4.78 is 0. The Morgan fingerprint density at radius 3 is 2.59 bits per heavy atom. The summed E-state index contributed by atoms with van der Waals surface area (Å²) in [7, 11) is 0. The smallest absolute Gasteiger partial charge is 0.317 e. The average molecular weight is 242 g/mol. The van der Waals surface area contributed by atoms with Gasteiger partial charge in [0.25, 0.3) is 0 Å². The topological polar surface area (TPSA) is 69.6 Å². The Bertz CT molecular complexity index is 302. The van der Waals surface area contributed by atoms with E-state index in [2.05, 4.69) is 26.1 Å². The molecule has 1 unspecified atom stereocenters. The third-order valence-electron chi connectivity index (χ3n) is 3.50. The van der Waals surface area contributed by atoms with Crippen LogP contribution < -0.4 is 5.32 Å². The predicted octanol–water partition coefficient (Wildman–Crippen LogP) is 1.54. The molecule has 0 saturated carbocycles. The minimum absolute atomic E-state index is 0.0849. The minimum atomic E-state index is -0.811. The molecule has 0 aromatic heterocycles. The number of carboxylic acid groups (broad SMARTS) is 1. The SMILES string of the molecule is CCC(C)(C)CNC(=O)N1CCC(C(=O)O)C1. The summed E-state index contributed by atoms with van der Waals surface area (Å²) in [5.74, 6) is -1.21. The molecule has 1 rings (SSSR count). The van der Waals surface area contributed by atoms with Gasteiger partial charge in [0, 0.05) is 19.6 Å². The fraction of sp³-hybridized carbons (Fsp3) is 0.833. The first-order valence-corrected chi connectivity index (χ1v) is 6.11. The van der Waals surface area contributed by atoms with Crippen molar-refractivity contribution in [1.29, 1.82) is 0 Å². The number of carboxylic acids is 1. The lowest BCUT2D eigenvalue weighted by Gasteiger charge is -2.25. The molecule has 2 N–H and O–H groups in total. The van der Waals surface area contributed by atoms with Gasteiger partial charge in [0.2, 0.25) is 0 Å². The Labute approximate surface area is 102 Å². The summed E-state index contributed by atoms with van der Waals surface area (Å²) >= 11 is 0. The van der Waals surface area contributed by atoms with Crippen molar-refractivity contribution >= 4 is 12.0 Å². The normalized spacial score (nSPS) is 20.4. The van der Waals surface area contributed by atoms with E-state index in [4.69, 9.17) is 5.11 Å². The number of hydrogen-bond donors (Lipinski definition) is 2. The summed E-state index contributed by atoms with van der Waals surface area (Å²) in [5.41, 5.74) is 0.0849. The third kappa shape index (κ3) is 3.91. The quantitative estimate of drug-likeness (QED) is 0.785. The number of amides is 2. The molecule has 0 aromatic carbocycles. The van der Waals surface area contributed by atoms with E-state index in [-0.39, 0.29) is 11.4 Å². The second-order valence-electron chi connectivity index (χ2n) is 5.45. The molecule has 1 fully saturated rings. The zero-order chi connectivity index (χ0) is 13.1. The first kappa shape index (κ1) is 13.8. The number of nitrogens with zero attached hydrogens (tertiary/aromatic N) is 1. The Kier molecular flexibility index (Phi) is 4.37. The van der Waals surface area contributed by atoms with E-state index in [1.54, 1.807) is 4.90 Å². The second kappa shape index (κ2) is 5.38. The molecule has 0 aromatic rings. The van der Waals surface area contributed by atoms with Crippen molar-refractivity contribution in [3.8, 4) is 0 Å². The molecular weight excluding hydrogens is 220 g/mol. The summed E-state index contributed by atoms with van der Waals surface area (Å²) in [4.78, 5) is 24.2. The van der Waals surface area contributed by atoms with Crippen molar-refractivity contribution in [3.05, 3.63) is 0 Å². The van der Waals surface area contributed by atoms with Crippen LogP contribution in [0.2, 0.25) is 0 Å². The van der Waals surface area contributed by atoms with Crippen LogP contribution >= 0.6 is 0 Å². The molecule has 17 heavy (non-hydrogen) atoms. The first-order chi connectivity index (χ1) is 7.85. The van der Waals surface area contributed by atoms with E-state index in [0.29, 0.717) is 26.1 Å². The first-order valence-electron chi connectivity index (χ1n) is 6.11. The highest BCUT2D eigenvalue weighted by Crippen LogP contribution is 2.19. The maximum absolute atomic E-state index is 11.8. The number of urea groups is 1. The summed E-state index contributed by atoms with van der Waals surface area (Å²) in [5, 5.41) is 11.7. The van der Waals surface area contributed by atoms with Crippen LogP contribution in [0.3, 0.4) is 0 Å². The van der Waals surface area contributed by atoms with Crippen LogP contribution in [-0.4, -0.2) is 41.6 Å². The summed E-state index contributed by atoms with van der Waals surface area (Å²) in [6.07, 6.45) is 1.55. The fourth-order valence-electron chi connectivity index (χ4n) is 1.70. The molecule has 1 aliphatic rings. The van der Waals surface area contributed by atoms with Gasteiger partial charge < -0.3 is 15.3 Å². The van der Waals surface area contributed by atoms with Gasteiger partial charge in [0.15, 0.2) is 0 Å². The maximum Gasteiger partial charge on any atom is 0.317 e.